The Kier molecular flexibility index (Phi) is 11.4. The van der Waals surface area contributed by atoms with Crippen molar-refractivity contribution in [3.8, 4) is 0 Å². The van der Waals surface area contributed by atoms with E-state index in [4.69, 9.17) is 10.2 Å². The second-order valence-corrected chi connectivity index (χ2v) is 10.7. The zero-order chi connectivity index (χ0) is 28.2. The standard InChI is InChI=1S/2C12H24O5/c2*1-6-7-9(2,14)11(4,16)12(5,17)10(3,15)8-13/h2*6,13-17H,1,7-8H2,2-5H3. The zero-order valence-electron chi connectivity index (χ0n) is 21.9. The third-order valence-electron chi connectivity index (χ3n) is 7.79. The van der Waals surface area contributed by atoms with Crippen LogP contribution in [0.5, 0.6) is 0 Å². The van der Waals surface area contributed by atoms with Crippen molar-refractivity contribution in [3.63, 3.8) is 0 Å². The van der Waals surface area contributed by atoms with Gasteiger partial charge >= 0.3 is 0 Å². The summed E-state index contributed by atoms with van der Waals surface area (Å²) in [5.41, 5.74) is -15.6. The van der Waals surface area contributed by atoms with Crippen LogP contribution in [-0.2, 0) is 0 Å². The molecule has 0 aliphatic rings. The zero-order valence-corrected chi connectivity index (χ0v) is 21.9. The average Bonchev–Trinajstić information content (AvgIpc) is 2.67. The molecule has 8 atom stereocenters. The molecular formula is C24H48O10. The third-order valence-corrected chi connectivity index (χ3v) is 7.79. The Labute approximate surface area is 203 Å². The van der Waals surface area contributed by atoms with Gasteiger partial charge in [0.2, 0.25) is 0 Å². The highest BCUT2D eigenvalue weighted by Gasteiger charge is 2.62. The SMILES string of the molecule is C=CCC(C)(O)C(C)(O)C(C)(O)C(C)(O)CO.C=CCC(C)(O)C(C)(O)C(C)(O)C(C)(O)CO. The molecule has 10 heteroatoms. The summed E-state index contributed by atoms with van der Waals surface area (Å²) in [5.74, 6) is 0. The lowest BCUT2D eigenvalue weighted by atomic mass is 9.65. The highest BCUT2D eigenvalue weighted by atomic mass is 16.4. The van der Waals surface area contributed by atoms with Crippen LogP contribution in [0.4, 0.5) is 0 Å². The first-order valence-corrected chi connectivity index (χ1v) is 11.0. The molecule has 0 aliphatic carbocycles. The number of hydrogen-bond acceptors (Lipinski definition) is 10. The largest absolute Gasteiger partial charge is 0.393 e. The predicted molar refractivity (Wildman–Crippen MR) is 129 cm³/mol. The van der Waals surface area contributed by atoms with Crippen LogP contribution in [-0.4, -0.2) is 109 Å². The molecule has 0 bridgehead atoms. The maximum atomic E-state index is 10.3. The van der Waals surface area contributed by atoms with E-state index >= 15 is 0 Å². The quantitative estimate of drug-likeness (QED) is 0.151. The Bertz CT molecular complexity index is 615. The van der Waals surface area contributed by atoms with E-state index in [9.17, 15) is 40.9 Å². The van der Waals surface area contributed by atoms with Gasteiger partial charge in [0.05, 0.1) is 24.4 Å². The minimum Gasteiger partial charge on any atom is -0.393 e. The van der Waals surface area contributed by atoms with Crippen molar-refractivity contribution in [3.05, 3.63) is 25.3 Å². The molecule has 8 unspecified atom stereocenters. The smallest absolute Gasteiger partial charge is 0.124 e. The van der Waals surface area contributed by atoms with Crippen molar-refractivity contribution in [1.82, 2.24) is 0 Å². The topological polar surface area (TPSA) is 202 Å². The van der Waals surface area contributed by atoms with Gasteiger partial charge in [0.25, 0.3) is 0 Å². The van der Waals surface area contributed by atoms with Crippen LogP contribution in [0, 0.1) is 0 Å². The second-order valence-electron chi connectivity index (χ2n) is 10.7. The Morgan fingerprint density at radius 1 is 0.441 bits per heavy atom. The van der Waals surface area contributed by atoms with Gasteiger partial charge in [0.1, 0.15) is 33.6 Å². The Morgan fingerprint density at radius 2 is 0.618 bits per heavy atom. The number of aliphatic hydroxyl groups is 10. The molecule has 0 amide bonds. The van der Waals surface area contributed by atoms with Crippen LogP contribution in [0.15, 0.2) is 25.3 Å². The Balaban J connectivity index is 0. The van der Waals surface area contributed by atoms with E-state index in [1.807, 2.05) is 0 Å². The van der Waals surface area contributed by atoms with E-state index in [0.29, 0.717) is 0 Å². The first kappa shape index (κ1) is 35.2. The van der Waals surface area contributed by atoms with Gasteiger partial charge in [-0.25, -0.2) is 0 Å². The van der Waals surface area contributed by atoms with Gasteiger partial charge in [-0.1, -0.05) is 12.2 Å². The summed E-state index contributed by atoms with van der Waals surface area (Å²) >= 11 is 0. The van der Waals surface area contributed by atoms with Gasteiger partial charge in [-0.2, -0.15) is 0 Å². The fraction of sp³-hybridized carbons (Fsp3) is 0.833. The summed E-state index contributed by atoms with van der Waals surface area (Å²) < 4.78 is 0. The normalized spacial score (nSPS) is 26.2. The van der Waals surface area contributed by atoms with Gasteiger partial charge in [-0.15, -0.1) is 13.2 Å². The highest BCUT2D eigenvalue weighted by molar-refractivity contribution is 5.15. The molecule has 10 nitrogen and oxygen atoms in total. The predicted octanol–water partition coefficient (Wildman–Crippen LogP) is -0.882. The molecular weight excluding hydrogens is 448 g/mol. The van der Waals surface area contributed by atoms with Gasteiger partial charge in [0, 0.05) is 0 Å². The van der Waals surface area contributed by atoms with E-state index in [0.717, 1.165) is 0 Å². The molecule has 0 aromatic carbocycles. The Morgan fingerprint density at radius 3 is 0.765 bits per heavy atom. The summed E-state index contributed by atoms with van der Waals surface area (Å²) in [5, 5.41) is 99.6. The lowest BCUT2D eigenvalue weighted by Gasteiger charge is -2.52. The molecule has 0 radical (unpaired) electrons. The fourth-order valence-corrected chi connectivity index (χ4v) is 3.36. The van der Waals surface area contributed by atoms with Gasteiger partial charge in [-0.05, 0) is 68.2 Å². The van der Waals surface area contributed by atoms with E-state index in [1.165, 1.54) is 67.5 Å². The van der Waals surface area contributed by atoms with Crippen LogP contribution in [0.2, 0.25) is 0 Å². The van der Waals surface area contributed by atoms with Crippen LogP contribution in [0.25, 0.3) is 0 Å². The summed E-state index contributed by atoms with van der Waals surface area (Å²) in [4.78, 5) is 0. The molecule has 10 N–H and O–H groups in total. The molecule has 0 spiro atoms. The van der Waals surface area contributed by atoms with Gasteiger partial charge in [0.15, 0.2) is 0 Å². The second kappa shape index (κ2) is 11.0. The summed E-state index contributed by atoms with van der Waals surface area (Å²) in [7, 11) is 0. The summed E-state index contributed by atoms with van der Waals surface area (Å²) in [6.07, 6.45) is 2.85. The molecule has 0 aromatic heterocycles. The van der Waals surface area contributed by atoms with Crippen LogP contribution < -0.4 is 0 Å². The lowest BCUT2D eigenvalue weighted by molar-refractivity contribution is -0.284. The molecule has 204 valence electrons. The highest BCUT2D eigenvalue weighted by Crippen LogP contribution is 2.42. The maximum absolute atomic E-state index is 10.3. The van der Waals surface area contributed by atoms with Crippen molar-refractivity contribution in [2.24, 2.45) is 0 Å². The van der Waals surface area contributed by atoms with Crippen molar-refractivity contribution in [1.29, 1.82) is 0 Å². The molecule has 0 fully saturated rings. The minimum absolute atomic E-state index is 0.0255. The van der Waals surface area contributed by atoms with E-state index in [2.05, 4.69) is 13.2 Å². The monoisotopic (exact) mass is 496 g/mol. The number of rotatable bonds is 12. The summed E-state index contributed by atoms with van der Waals surface area (Å²) in [6.45, 7) is 15.2. The van der Waals surface area contributed by atoms with Crippen molar-refractivity contribution in [2.45, 2.75) is 113 Å². The van der Waals surface area contributed by atoms with Crippen LogP contribution >= 0.6 is 0 Å². The fourth-order valence-electron chi connectivity index (χ4n) is 3.36. The molecule has 0 rings (SSSR count). The van der Waals surface area contributed by atoms with E-state index in [-0.39, 0.29) is 12.8 Å². The Hall–Kier alpha value is -0.920. The molecule has 0 saturated carbocycles. The van der Waals surface area contributed by atoms with Crippen molar-refractivity contribution in [2.75, 3.05) is 13.2 Å². The maximum Gasteiger partial charge on any atom is 0.124 e. The van der Waals surface area contributed by atoms with Crippen LogP contribution in [0.1, 0.15) is 68.2 Å². The van der Waals surface area contributed by atoms with E-state index in [1.54, 1.807) is 0 Å². The minimum atomic E-state index is -2.11. The average molecular weight is 497 g/mol. The molecule has 0 aliphatic heterocycles. The number of hydrogen-bond donors (Lipinski definition) is 10. The molecule has 0 heterocycles. The van der Waals surface area contributed by atoms with Crippen molar-refractivity contribution >= 4 is 0 Å². The first-order valence-electron chi connectivity index (χ1n) is 11.0. The molecule has 0 saturated heterocycles. The van der Waals surface area contributed by atoms with Crippen LogP contribution in [0.3, 0.4) is 0 Å². The number of aliphatic hydroxyl groups excluding tert-OH is 2. The van der Waals surface area contributed by atoms with E-state index < -0.39 is 58.0 Å². The molecule has 0 aromatic rings. The first-order chi connectivity index (χ1) is 14.7. The lowest BCUT2D eigenvalue weighted by Crippen LogP contribution is -2.72. The van der Waals surface area contributed by atoms with Crippen molar-refractivity contribution < 1.29 is 51.1 Å². The van der Waals surface area contributed by atoms with Gasteiger partial charge < -0.3 is 51.1 Å². The molecule has 34 heavy (non-hydrogen) atoms. The van der Waals surface area contributed by atoms with Gasteiger partial charge in [-0.3, -0.25) is 0 Å². The summed E-state index contributed by atoms with van der Waals surface area (Å²) in [6, 6.07) is 0. The third kappa shape index (κ3) is 6.25.